The molecule has 0 aliphatic heterocycles. The largest absolute Gasteiger partial charge is 0.494 e. The Morgan fingerprint density at radius 3 is 2.33 bits per heavy atom. The van der Waals surface area contributed by atoms with E-state index in [0.717, 1.165) is 0 Å². The van der Waals surface area contributed by atoms with Crippen LogP contribution in [0.4, 0.5) is 0 Å². The Bertz CT molecular complexity index is 595. The highest BCUT2D eigenvalue weighted by atomic mass is 35.5. The van der Waals surface area contributed by atoms with E-state index >= 15 is 0 Å². The minimum atomic E-state index is -0.487. The molecule has 0 spiro atoms. The summed E-state index contributed by atoms with van der Waals surface area (Å²) < 4.78 is 15.8. The summed E-state index contributed by atoms with van der Waals surface area (Å²) in [4.78, 5) is 11.7. The highest BCUT2D eigenvalue weighted by molar-refractivity contribution is 6.30. The van der Waals surface area contributed by atoms with Gasteiger partial charge in [0.25, 0.3) is 0 Å². The second-order valence-electron chi connectivity index (χ2n) is 4.12. The van der Waals surface area contributed by atoms with Gasteiger partial charge in [-0.05, 0) is 43.3 Å². The first kappa shape index (κ1) is 15.2. The van der Waals surface area contributed by atoms with Crippen LogP contribution in [-0.4, -0.2) is 19.2 Å². The van der Waals surface area contributed by atoms with E-state index in [9.17, 15) is 4.79 Å². The lowest BCUT2D eigenvalue weighted by molar-refractivity contribution is -0.136. The molecule has 21 heavy (non-hydrogen) atoms. The van der Waals surface area contributed by atoms with E-state index in [1.165, 1.54) is 0 Å². The Balaban J connectivity index is 1.86. The van der Waals surface area contributed by atoms with Gasteiger partial charge < -0.3 is 14.2 Å². The van der Waals surface area contributed by atoms with Crippen LogP contribution in [0.5, 0.6) is 17.2 Å². The van der Waals surface area contributed by atoms with Crippen molar-refractivity contribution in [2.45, 2.75) is 6.92 Å². The third kappa shape index (κ3) is 5.00. The van der Waals surface area contributed by atoms with E-state index in [-0.39, 0.29) is 6.61 Å². The number of hydrogen-bond acceptors (Lipinski definition) is 4. The van der Waals surface area contributed by atoms with Gasteiger partial charge in [-0.15, -0.1) is 0 Å². The average molecular weight is 307 g/mol. The van der Waals surface area contributed by atoms with Crippen LogP contribution in [0.1, 0.15) is 6.92 Å². The smallest absolute Gasteiger partial charge is 0.349 e. The first-order valence-corrected chi connectivity index (χ1v) is 6.87. The molecule has 110 valence electrons. The van der Waals surface area contributed by atoms with Crippen LogP contribution in [0.3, 0.4) is 0 Å². The summed E-state index contributed by atoms with van der Waals surface area (Å²) >= 11 is 5.75. The molecule has 0 saturated heterocycles. The molecule has 2 rings (SSSR count). The molecule has 5 heteroatoms. The summed E-state index contributed by atoms with van der Waals surface area (Å²) in [5.74, 6) is 1.19. The molecular formula is C16H15ClO4. The van der Waals surface area contributed by atoms with Crippen LogP contribution in [0, 0.1) is 0 Å². The Kier molecular flexibility index (Phi) is 5.46. The summed E-state index contributed by atoms with van der Waals surface area (Å²) in [5.41, 5.74) is 0. The first-order valence-electron chi connectivity index (χ1n) is 6.49. The van der Waals surface area contributed by atoms with Gasteiger partial charge in [0.1, 0.15) is 17.2 Å². The lowest BCUT2D eigenvalue weighted by Gasteiger charge is -2.08. The Labute approximate surface area is 128 Å². The maximum atomic E-state index is 11.7. The monoisotopic (exact) mass is 306 g/mol. The fourth-order valence-electron chi connectivity index (χ4n) is 1.63. The molecule has 0 bridgehead atoms. The molecule has 0 atom stereocenters. The van der Waals surface area contributed by atoms with Gasteiger partial charge in [-0.25, -0.2) is 4.79 Å². The minimum Gasteiger partial charge on any atom is -0.494 e. The van der Waals surface area contributed by atoms with Crippen LogP contribution in [0.2, 0.25) is 5.02 Å². The van der Waals surface area contributed by atoms with Gasteiger partial charge in [0.2, 0.25) is 0 Å². The zero-order valence-corrected chi connectivity index (χ0v) is 12.3. The van der Waals surface area contributed by atoms with Crippen molar-refractivity contribution in [1.82, 2.24) is 0 Å². The predicted octanol–water partition coefficient (Wildman–Crippen LogP) is 3.72. The first-order chi connectivity index (χ1) is 10.2. The molecule has 0 aromatic heterocycles. The minimum absolute atomic E-state index is 0.182. The van der Waals surface area contributed by atoms with Crippen LogP contribution in [0.15, 0.2) is 48.5 Å². The van der Waals surface area contributed by atoms with E-state index in [2.05, 4.69) is 0 Å². The van der Waals surface area contributed by atoms with Gasteiger partial charge in [0, 0.05) is 11.1 Å². The van der Waals surface area contributed by atoms with Crippen molar-refractivity contribution in [2.75, 3.05) is 13.2 Å². The molecule has 0 unspecified atom stereocenters. The molecule has 2 aromatic carbocycles. The maximum absolute atomic E-state index is 11.7. The van der Waals surface area contributed by atoms with Crippen LogP contribution in [0.25, 0.3) is 0 Å². The van der Waals surface area contributed by atoms with Crippen LogP contribution in [-0.2, 0) is 4.79 Å². The number of carbonyl (C=O) groups is 1. The van der Waals surface area contributed by atoms with Crippen molar-refractivity contribution in [3.05, 3.63) is 53.6 Å². The van der Waals surface area contributed by atoms with Crippen molar-refractivity contribution in [3.63, 3.8) is 0 Å². The number of ether oxygens (including phenoxy) is 3. The maximum Gasteiger partial charge on any atom is 0.349 e. The Hall–Kier alpha value is -2.20. The van der Waals surface area contributed by atoms with Crippen molar-refractivity contribution in [2.24, 2.45) is 0 Å². The van der Waals surface area contributed by atoms with Crippen molar-refractivity contribution in [3.8, 4) is 17.2 Å². The van der Waals surface area contributed by atoms with E-state index in [0.29, 0.717) is 28.9 Å². The zero-order valence-electron chi connectivity index (χ0n) is 11.5. The molecule has 0 saturated carbocycles. The van der Waals surface area contributed by atoms with Gasteiger partial charge in [-0.1, -0.05) is 17.7 Å². The lowest BCUT2D eigenvalue weighted by Crippen LogP contribution is -2.17. The molecule has 0 radical (unpaired) electrons. The Morgan fingerprint density at radius 2 is 1.67 bits per heavy atom. The predicted molar refractivity (Wildman–Crippen MR) is 80.2 cm³/mol. The molecule has 0 amide bonds. The third-order valence-corrected chi connectivity index (χ3v) is 2.77. The van der Waals surface area contributed by atoms with E-state index < -0.39 is 5.97 Å². The number of rotatable bonds is 6. The molecule has 2 aromatic rings. The molecule has 0 heterocycles. The molecular weight excluding hydrogens is 292 g/mol. The van der Waals surface area contributed by atoms with Gasteiger partial charge >= 0.3 is 5.97 Å². The number of hydrogen-bond donors (Lipinski definition) is 0. The van der Waals surface area contributed by atoms with Gasteiger partial charge in [-0.2, -0.15) is 0 Å². The summed E-state index contributed by atoms with van der Waals surface area (Å²) in [6, 6.07) is 13.6. The van der Waals surface area contributed by atoms with Gasteiger partial charge in [0.05, 0.1) is 6.61 Å². The molecule has 0 aliphatic carbocycles. The fraction of sp³-hybridized carbons (Fsp3) is 0.188. The summed E-state index contributed by atoms with van der Waals surface area (Å²) in [6.45, 7) is 2.29. The van der Waals surface area contributed by atoms with Crippen molar-refractivity contribution < 1.29 is 19.0 Å². The van der Waals surface area contributed by atoms with Crippen LogP contribution >= 0.6 is 11.6 Å². The zero-order chi connectivity index (χ0) is 15.1. The number of benzene rings is 2. The SMILES string of the molecule is CCOc1cccc(OCC(=O)Oc2ccc(Cl)cc2)c1. The number of halogens is 1. The number of esters is 1. The summed E-state index contributed by atoms with van der Waals surface area (Å²) in [5, 5.41) is 0.582. The average Bonchev–Trinajstić information content (AvgIpc) is 2.48. The molecule has 0 N–H and O–H groups in total. The molecule has 0 aliphatic rings. The second kappa shape index (κ2) is 7.55. The van der Waals surface area contributed by atoms with E-state index in [1.807, 2.05) is 13.0 Å². The Morgan fingerprint density at radius 1 is 1.00 bits per heavy atom. The lowest BCUT2D eigenvalue weighted by atomic mass is 10.3. The normalized spacial score (nSPS) is 10.0. The van der Waals surface area contributed by atoms with Crippen LogP contribution < -0.4 is 14.2 Å². The topological polar surface area (TPSA) is 44.8 Å². The molecule has 0 fully saturated rings. The van der Waals surface area contributed by atoms with Gasteiger partial charge in [-0.3, -0.25) is 0 Å². The van der Waals surface area contributed by atoms with E-state index in [1.54, 1.807) is 42.5 Å². The standard InChI is InChI=1S/C16H15ClO4/c1-2-19-14-4-3-5-15(10-14)20-11-16(18)21-13-8-6-12(17)7-9-13/h3-10H,2,11H2,1H3. The van der Waals surface area contributed by atoms with Crippen molar-refractivity contribution >= 4 is 17.6 Å². The molecule has 4 nitrogen and oxygen atoms in total. The highest BCUT2D eigenvalue weighted by Crippen LogP contribution is 2.20. The number of carbonyl (C=O) groups excluding carboxylic acids is 1. The summed E-state index contributed by atoms with van der Waals surface area (Å²) in [7, 11) is 0. The fourth-order valence-corrected chi connectivity index (χ4v) is 1.75. The van der Waals surface area contributed by atoms with Crippen molar-refractivity contribution in [1.29, 1.82) is 0 Å². The van der Waals surface area contributed by atoms with Gasteiger partial charge in [0.15, 0.2) is 6.61 Å². The summed E-state index contributed by atoms with van der Waals surface area (Å²) in [6.07, 6.45) is 0. The third-order valence-electron chi connectivity index (χ3n) is 2.52. The quantitative estimate of drug-likeness (QED) is 0.602. The second-order valence-corrected chi connectivity index (χ2v) is 4.56. The highest BCUT2D eigenvalue weighted by Gasteiger charge is 2.06. The van der Waals surface area contributed by atoms with E-state index in [4.69, 9.17) is 25.8 Å².